The molecule has 1 amide bonds. The zero-order chi connectivity index (χ0) is 23.1. The van der Waals surface area contributed by atoms with Crippen LogP contribution in [0, 0.1) is 23.7 Å². The fourth-order valence-electron chi connectivity index (χ4n) is 6.13. The van der Waals surface area contributed by atoms with Gasteiger partial charge in [-0.1, -0.05) is 18.6 Å². The van der Waals surface area contributed by atoms with Gasteiger partial charge in [-0.3, -0.25) is 4.79 Å². The molecule has 0 saturated heterocycles. The van der Waals surface area contributed by atoms with Crippen LogP contribution in [0.4, 0.5) is 11.4 Å². The molecule has 0 radical (unpaired) electrons. The predicted octanol–water partition coefficient (Wildman–Crippen LogP) is 5.69. The molecule has 6 heteroatoms. The van der Waals surface area contributed by atoms with Crippen molar-refractivity contribution in [1.29, 1.82) is 0 Å². The van der Waals surface area contributed by atoms with E-state index in [1.54, 1.807) is 0 Å². The summed E-state index contributed by atoms with van der Waals surface area (Å²) in [6.07, 6.45) is 11.7. The third-order valence-corrected chi connectivity index (χ3v) is 7.99. The first-order chi connectivity index (χ1) is 16.6. The highest BCUT2D eigenvalue weighted by molar-refractivity contribution is 5.93. The predicted molar refractivity (Wildman–Crippen MR) is 135 cm³/mol. The van der Waals surface area contributed by atoms with Crippen molar-refractivity contribution >= 4 is 28.3 Å². The molecule has 0 spiro atoms. The fourth-order valence-corrected chi connectivity index (χ4v) is 6.13. The number of rotatable bonds is 6. The zero-order valence-corrected chi connectivity index (χ0v) is 19.3. The molecule has 5 atom stereocenters. The van der Waals surface area contributed by atoms with Crippen molar-refractivity contribution in [1.82, 2.24) is 9.97 Å². The lowest BCUT2D eigenvalue weighted by molar-refractivity contribution is -0.121. The second-order valence-corrected chi connectivity index (χ2v) is 10.3. The molecule has 2 aromatic carbocycles. The second-order valence-electron chi connectivity index (χ2n) is 10.3. The normalized spacial score (nSPS) is 26.6. The molecule has 4 N–H and O–H groups in total. The molecule has 3 aliphatic carbocycles. The highest BCUT2D eigenvalue weighted by Crippen LogP contribution is 2.48. The van der Waals surface area contributed by atoms with Gasteiger partial charge in [0.25, 0.3) is 0 Å². The standard InChI is InChI=1S/C28H32N4O2/c33-27(19-4-2-1-3-5-19)30-22-12-13-24-25(16-22)32-26(31-24)18-8-10-21(11-9-18)29-28(34)23-15-17-6-7-20(23)14-17/h2,4,8-13,16-17,19-20,23,27,30,33H,1,3,5-7,14-15H2,(H,29,34)(H,31,32). The number of aliphatic hydroxyl groups excluding tert-OH is 1. The van der Waals surface area contributed by atoms with Crippen LogP contribution in [0.1, 0.15) is 44.9 Å². The van der Waals surface area contributed by atoms with Crippen molar-refractivity contribution in [2.24, 2.45) is 23.7 Å². The van der Waals surface area contributed by atoms with Crippen LogP contribution >= 0.6 is 0 Å². The summed E-state index contributed by atoms with van der Waals surface area (Å²) in [4.78, 5) is 20.9. The summed E-state index contributed by atoms with van der Waals surface area (Å²) in [5.74, 6) is 2.64. The SMILES string of the molecule is O=C(Nc1ccc(-c2nc3ccc(NC(O)C4C=CCCC4)cc3[nH]2)cc1)C1CC2CCC1C2. The van der Waals surface area contributed by atoms with Crippen LogP contribution in [-0.2, 0) is 4.79 Å². The topological polar surface area (TPSA) is 90.0 Å². The minimum absolute atomic E-state index is 0.143. The summed E-state index contributed by atoms with van der Waals surface area (Å²) in [5, 5.41) is 16.9. The Hall–Kier alpha value is -3.12. The number of allylic oxidation sites excluding steroid dienone is 1. The lowest BCUT2D eigenvalue weighted by atomic mass is 9.88. The third kappa shape index (κ3) is 4.23. The number of amides is 1. The van der Waals surface area contributed by atoms with Gasteiger partial charge < -0.3 is 20.7 Å². The Morgan fingerprint density at radius 2 is 1.91 bits per heavy atom. The summed E-state index contributed by atoms with van der Waals surface area (Å²) in [7, 11) is 0. The smallest absolute Gasteiger partial charge is 0.227 e. The lowest BCUT2D eigenvalue weighted by Crippen LogP contribution is -2.28. The molecule has 0 aliphatic heterocycles. The van der Waals surface area contributed by atoms with Crippen LogP contribution in [0.5, 0.6) is 0 Å². The molecule has 1 aromatic heterocycles. The number of H-pyrrole nitrogens is 1. The van der Waals surface area contributed by atoms with Crippen LogP contribution in [0.25, 0.3) is 22.4 Å². The van der Waals surface area contributed by atoms with E-state index in [0.29, 0.717) is 5.92 Å². The maximum absolute atomic E-state index is 12.7. The molecule has 2 saturated carbocycles. The number of anilines is 2. The molecule has 34 heavy (non-hydrogen) atoms. The van der Waals surface area contributed by atoms with Crippen LogP contribution in [0.15, 0.2) is 54.6 Å². The first-order valence-corrected chi connectivity index (χ1v) is 12.6. The van der Waals surface area contributed by atoms with Crippen LogP contribution in [0.2, 0.25) is 0 Å². The molecule has 5 unspecified atom stereocenters. The summed E-state index contributed by atoms with van der Waals surface area (Å²) in [6.45, 7) is 0. The minimum Gasteiger partial charge on any atom is -0.373 e. The van der Waals surface area contributed by atoms with Gasteiger partial charge in [0, 0.05) is 28.8 Å². The van der Waals surface area contributed by atoms with Gasteiger partial charge in [-0.2, -0.15) is 0 Å². The number of imidazole rings is 1. The van der Waals surface area contributed by atoms with Gasteiger partial charge in [0.15, 0.2) is 0 Å². The fraction of sp³-hybridized carbons (Fsp3) is 0.429. The van der Waals surface area contributed by atoms with Gasteiger partial charge in [-0.15, -0.1) is 0 Å². The van der Waals surface area contributed by atoms with E-state index in [1.165, 1.54) is 19.3 Å². The molecule has 6 nitrogen and oxygen atoms in total. The lowest BCUT2D eigenvalue weighted by Gasteiger charge is -2.24. The molecule has 6 rings (SSSR count). The molecule has 3 aliphatic rings. The van der Waals surface area contributed by atoms with Gasteiger partial charge in [-0.25, -0.2) is 4.98 Å². The Balaban J connectivity index is 1.13. The van der Waals surface area contributed by atoms with E-state index >= 15 is 0 Å². The van der Waals surface area contributed by atoms with E-state index in [1.807, 2.05) is 42.5 Å². The number of nitrogens with one attached hydrogen (secondary N) is 3. The van der Waals surface area contributed by atoms with E-state index in [0.717, 1.165) is 65.4 Å². The number of aromatic amines is 1. The number of aliphatic hydroxyl groups is 1. The third-order valence-electron chi connectivity index (χ3n) is 7.99. The molecular weight excluding hydrogens is 424 g/mol. The quantitative estimate of drug-likeness (QED) is 0.283. The number of hydrogen-bond donors (Lipinski definition) is 4. The van der Waals surface area contributed by atoms with Crippen LogP contribution < -0.4 is 10.6 Å². The Bertz CT molecular complexity index is 1210. The zero-order valence-electron chi connectivity index (χ0n) is 19.3. The molecule has 2 fully saturated rings. The maximum Gasteiger partial charge on any atom is 0.227 e. The van der Waals surface area contributed by atoms with E-state index in [2.05, 4.69) is 27.8 Å². The number of carbonyl (C=O) groups is 1. The Morgan fingerprint density at radius 1 is 1.06 bits per heavy atom. The second kappa shape index (κ2) is 8.91. The molecule has 176 valence electrons. The molecule has 2 bridgehead atoms. The monoisotopic (exact) mass is 456 g/mol. The van der Waals surface area contributed by atoms with Crippen molar-refractivity contribution < 1.29 is 9.90 Å². The Morgan fingerprint density at radius 3 is 2.65 bits per heavy atom. The van der Waals surface area contributed by atoms with Gasteiger partial charge in [0.05, 0.1) is 11.0 Å². The van der Waals surface area contributed by atoms with Crippen molar-refractivity contribution in [2.45, 2.75) is 51.2 Å². The van der Waals surface area contributed by atoms with Crippen LogP contribution in [0.3, 0.4) is 0 Å². The first-order valence-electron chi connectivity index (χ1n) is 12.6. The van der Waals surface area contributed by atoms with Crippen LogP contribution in [-0.4, -0.2) is 27.2 Å². The summed E-state index contributed by atoms with van der Waals surface area (Å²) in [6, 6.07) is 13.8. The molecule has 1 heterocycles. The van der Waals surface area contributed by atoms with E-state index < -0.39 is 6.23 Å². The van der Waals surface area contributed by atoms with Crippen molar-refractivity contribution in [2.75, 3.05) is 10.6 Å². The summed E-state index contributed by atoms with van der Waals surface area (Å²) >= 11 is 0. The number of benzene rings is 2. The largest absolute Gasteiger partial charge is 0.373 e. The Kier molecular flexibility index (Phi) is 5.61. The number of nitrogens with zero attached hydrogens (tertiary/aromatic N) is 1. The molecular formula is C28H32N4O2. The van der Waals surface area contributed by atoms with Gasteiger partial charge >= 0.3 is 0 Å². The Labute approximate surface area is 199 Å². The van der Waals surface area contributed by atoms with E-state index in [-0.39, 0.29) is 17.7 Å². The number of aromatic nitrogens is 2. The highest BCUT2D eigenvalue weighted by Gasteiger charge is 2.43. The first kappa shape index (κ1) is 21.4. The van der Waals surface area contributed by atoms with Gasteiger partial charge in [0.2, 0.25) is 5.91 Å². The maximum atomic E-state index is 12.7. The van der Waals surface area contributed by atoms with Gasteiger partial charge in [-0.05, 0) is 92.8 Å². The molecule has 3 aromatic rings. The minimum atomic E-state index is -0.599. The van der Waals surface area contributed by atoms with E-state index in [9.17, 15) is 9.90 Å². The number of carbonyl (C=O) groups excluding carboxylic acids is 1. The summed E-state index contributed by atoms with van der Waals surface area (Å²) < 4.78 is 0. The summed E-state index contributed by atoms with van der Waals surface area (Å²) in [5.41, 5.74) is 4.47. The van der Waals surface area contributed by atoms with E-state index in [4.69, 9.17) is 4.98 Å². The van der Waals surface area contributed by atoms with Crippen molar-refractivity contribution in [3.63, 3.8) is 0 Å². The van der Waals surface area contributed by atoms with Crippen molar-refractivity contribution in [3.8, 4) is 11.4 Å². The number of fused-ring (bicyclic) bond motifs is 3. The van der Waals surface area contributed by atoms with Crippen molar-refractivity contribution in [3.05, 3.63) is 54.6 Å². The van der Waals surface area contributed by atoms with Gasteiger partial charge in [0.1, 0.15) is 12.1 Å². The highest BCUT2D eigenvalue weighted by atomic mass is 16.3. The average molecular weight is 457 g/mol. The number of hydrogen-bond acceptors (Lipinski definition) is 4. The average Bonchev–Trinajstić information content (AvgIpc) is 3.61.